The van der Waals surface area contributed by atoms with Crippen LogP contribution in [0.4, 0.5) is 4.39 Å². The highest BCUT2D eigenvalue weighted by Gasteiger charge is 2.31. The summed E-state index contributed by atoms with van der Waals surface area (Å²) in [4.78, 5) is 12.0. The molecule has 1 unspecified atom stereocenters. The first kappa shape index (κ1) is 20.4. The number of piperazine rings is 3. The highest BCUT2D eigenvalue weighted by atomic mass is 127. The van der Waals surface area contributed by atoms with Gasteiger partial charge in [0, 0.05) is 58.9 Å². The summed E-state index contributed by atoms with van der Waals surface area (Å²) >= 11 is 0. The van der Waals surface area contributed by atoms with E-state index in [0.29, 0.717) is 12.6 Å². The first-order chi connectivity index (χ1) is 11.7. The average Bonchev–Trinajstić information content (AvgIpc) is 2.59. The SMILES string of the molecule is CCNC(=NCC1CN2CCN1CC2)N(C)Cc1cccc(F)c1.I. The molecule has 3 fully saturated rings. The van der Waals surface area contributed by atoms with Gasteiger partial charge in [-0.15, -0.1) is 24.0 Å². The highest BCUT2D eigenvalue weighted by Crippen LogP contribution is 2.16. The van der Waals surface area contributed by atoms with Crippen molar-refractivity contribution in [2.24, 2.45) is 4.99 Å². The van der Waals surface area contributed by atoms with Gasteiger partial charge in [-0.25, -0.2) is 4.39 Å². The zero-order chi connectivity index (χ0) is 16.9. The Morgan fingerprint density at radius 3 is 2.68 bits per heavy atom. The van der Waals surface area contributed by atoms with Crippen molar-refractivity contribution in [3.8, 4) is 0 Å². The normalized spacial score (nSPS) is 25.4. The molecule has 3 aliphatic heterocycles. The van der Waals surface area contributed by atoms with Crippen LogP contribution in [0.2, 0.25) is 0 Å². The van der Waals surface area contributed by atoms with E-state index in [2.05, 4.69) is 26.9 Å². The zero-order valence-electron chi connectivity index (χ0n) is 15.1. The summed E-state index contributed by atoms with van der Waals surface area (Å²) in [5.41, 5.74) is 0.953. The number of hydrogen-bond acceptors (Lipinski definition) is 3. The van der Waals surface area contributed by atoms with Crippen molar-refractivity contribution in [3.63, 3.8) is 0 Å². The third-order valence-electron chi connectivity index (χ3n) is 4.85. The second kappa shape index (κ2) is 9.68. The summed E-state index contributed by atoms with van der Waals surface area (Å²) in [6.07, 6.45) is 0. The van der Waals surface area contributed by atoms with Crippen molar-refractivity contribution in [2.75, 3.05) is 52.9 Å². The van der Waals surface area contributed by atoms with E-state index in [1.54, 1.807) is 12.1 Å². The second-order valence-electron chi connectivity index (χ2n) is 6.67. The van der Waals surface area contributed by atoms with Crippen molar-refractivity contribution < 1.29 is 4.39 Å². The van der Waals surface area contributed by atoms with Gasteiger partial charge in [-0.3, -0.25) is 14.8 Å². The van der Waals surface area contributed by atoms with E-state index in [9.17, 15) is 4.39 Å². The molecule has 1 atom stereocenters. The largest absolute Gasteiger partial charge is 0.357 e. The van der Waals surface area contributed by atoms with E-state index >= 15 is 0 Å². The average molecular weight is 461 g/mol. The molecule has 5 nitrogen and oxygen atoms in total. The molecule has 1 aromatic rings. The number of fused-ring (bicyclic) bond motifs is 3. The lowest BCUT2D eigenvalue weighted by molar-refractivity contribution is 0.0173. The van der Waals surface area contributed by atoms with Gasteiger partial charge >= 0.3 is 0 Å². The molecule has 0 saturated carbocycles. The van der Waals surface area contributed by atoms with Gasteiger partial charge in [0.1, 0.15) is 5.82 Å². The molecule has 3 heterocycles. The Kier molecular flexibility index (Phi) is 7.89. The van der Waals surface area contributed by atoms with Gasteiger partial charge in [0.05, 0.1) is 6.54 Å². The number of aliphatic imine (C=N–C) groups is 1. The number of guanidine groups is 1. The predicted octanol–water partition coefficient (Wildman–Crippen LogP) is 1.84. The molecular formula is C18H29FIN5. The third-order valence-corrected chi connectivity index (χ3v) is 4.85. The number of nitrogens with one attached hydrogen (secondary N) is 1. The fraction of sp³-hybridized carbons (Fsp3) is 0.611. The summed E-state index contributed by atoms with van der Waals surface area (Å²) in [6, 6.07) is 7.28. The van der Waals surface area contributed by atoms with E-state index in [-0.39, 0.29) is 29.8 Å². The Labute approximate surface area is 167 Å². The van der Waals surface area contributed by atoms with Crippen LogP contribution in [-0.4, -0.2) is 79.6 Å². The molecule has 4 rings (SSSR count). The minimum Gasteiger partial charge on any atom is -0.357 e. The van der Waals surface area contributed by atoms with Crippen molar-refractivity contribution in [2.45, 2.75) is 19.5 Å². The van der Waals surface area contributed by atoms with Crippen LogP contribution in [0.5, 0.6) is 0 Å². The van der Waals surface area contributed by atoms with Crippen LogP contribution in [0.25, 0.3) is 0 Å². The second-order valence-corrected chi connectivity index (χ2v) is 6.67. The Hall–Kier alpha value is -0.930. The van der Waals surface area contributed by atoms with Crippen LogP contribution in [0.15, 0.2) is 29.3 Å². The first-order valence-electron chi connectivity index (χ1n) is 8.86. The summed E-state index contributed by atoms with van der Waals surface area (Å²) in [5.74, 6) is 0.697. The molecule has 0 aromatic heterocycles. The van der Waals surface area contributed by atoms with Crippen molar-refractivity contribution in [1.29, 1.82) is 0 Å². The Morgan fingerprint density at radius 2 is 2.08 bits per heavy atom. The molecule has 3 aliphatic rings. The number of nitrogens with zero attached hydrogens (tertiary/aromatic N) is 4. The molecule has 2 bridgehead atoms. The molecule has 25 heavy (non-hydrogen) atoms. The summed E-state index contributed by atoms with van der Waals surface area (Å²) in [7, 11) is 2.00. The maximum atomic E-state index is 13.4. The molecule has 0 aliphatic carbocycles. The maximum absolute atomic E-state index is 13.4. The monoisotopic (exact) mass is 461 g/mol. The van der Waals surface area contributed by atoms with Gasteiger partial charge in [0.25, 0.3) is 0 Å². The maximum Gasteiger partial charge on any atom is 0.194 e. The van der Waals surface area contributed by atoms with Gasteiger partial charge in [-0.05, 0) is 24.6 Å². The number of halogens is 2. The molecular weight excluding hydrogens is 432 g/mol. The Morgan fingerprint density at radius 1 is 1.32 bits per heavy atom. The summed E-state index contributed by atoms with van der Waals surface area (Å²) in [5, 5.41) is 3.35. The van der Waals surface area contributed by atoms with E-state index in [1.165, 1.54) is 19.2 Å². The van der Waals surface area contributed by atoms with Crippen molar-refractivity contribution >= 4 is 29.9 Å². The third kappa shape index (κ3) is 5.52. The molecule has 1 aromatic carbocycles. The Balaban J connectivity index is 0.00000225. The van der Waals surface area contributed by atoms with E-state index in [1.807, 2.05) is 13.1 Å². The van der Waals surface area contributed by atoms with Crippen LogP contribution in [0.3, 0.4) is 0 Å². The van der Waals surface area contributed by atoms with Crippen molar-refractivity contribution in [3.05, 3.63) is 35.6 Å². The van der Waals surface area contributed by atoms with E-state index in [4.69, 9.17) is 4.99 Å². The molecule has 1 N–H and O–H groups in total. The Bertz CT molecular complexity index is 574. The number of hydrogen-bond donors (Lipinski definition) is 1. The van der Waals surface area contributed by atoms with Crippen LogP contribution >= 0.6 is 24.0 Å². The smallest absolute Gasteiger partial charge is 0.194 e. The predicted molar refractivity (Wildman–Crippen MR) is 111 cm³/mol. The van der Waals surface area contributed by atoms with Gasteiger partial charge in [-0.2, -0.15) is 0 Å². The minimum absolute atomic E-state index is 0. The van der Waals surface area contributed by atoms with Crippen LogP contribution in [-0.2, 0) is 6.54 Å². The zero-order valence-corrected chi connectivity index (χ0v) is 17.4. The molecule has 140 valence electrons. The standard InChI is InChI=1S/C18H28FN5.HI/c1-3-20-18(22(2)13-15-5-4-6-16(19)11-15)21-12-17-14-23-7-9-24(17)10-8-23;/h4-6,11,17H,3,7-10,12-14H2,1-2H3,(H,20,21);1H. The van der Waals surface area contributed by atoms with E-state index < -0.39 is 0 Å². The van der Waals surface area contributed by atoms with Crippen LogP contribution < -0.4 is 5.32 Å². The molecule has 0 radical (unpaired) electrons. The lowest BCUT2D eigenvalue weighted by atomic mass is 10.1. The lowest BCUT2D eigenvalue weighted by Gasteiger charge is -2.47. The fourth-order valence-corrected chi connectivity index (χ4v) is 3.54. The number of rotatable bonds is 5. The molecule has 0 amide bonds. The fourth-order valence-electron chi connectivity index (χ4n) is 3.54. The molecule has 0 spiro atoms. The van der Waals surface area contributed by atoms with E-state index in [0.717, 1.165) is 44.2 Å². The van der Waals surface area contributed by atoms with Crippen LogP contribution in [0, 0.1) is 5.82 Å². The summed E-state index contributed by atoms with van der Waals surface area (Å²) < 4.78 is 13.4. The molecule has 3 saturated heterocycles. The lowest BCUT2D eigenvalue weighted by Crippen LogP contribution is -2.62. The summed E-state index contributed by atoms with van der Waals surface area (Å²) in [6.45, 7) is 10.2. The van der Waals surface area contributed by atoms with Gasteiger partial charge in [0.15, 0.2) is 5.96 Å². The first-order valence-corrected chi connectivity index (χ1v) is 8.86. The highest BCUT2D eigenvalue weighted by molar-refractivity contribution is 14.0. The quantitative estimate of drug-likeness (QED) is 0.413. The van der Waals surface area contributed by atoms with Gasteiger partial charge in [0.2, 0.25) is 0 Å². The minimum atomic E-state index is -0.192. The van der Waals surface area contributed by atoms with Gasteiger partial charge in [-0.1, -0.05) is 12.1 Å². The van der Waals surface area contributed by atoms with Gasteiger partial charge < -0.3 is 10.2 Å². The van der Waals surface area contributed by atoms with Crippen molar-refractivity contribution in [1.82, 2.24) is 20.0 Å². The van der Waals surface area contributed by atoms with Crippen LogP contribution in [0.1, 0.15) is 12.5 Å². The molecule has 7 heteroatoms. The topological polar surface area (TPSA) is 34.1 Å². The number of benzene rings is 1.